The molecule has 0 aromatic heterocycles. The van der Waals surface area contributed by atoms with E-state index < -0.39 is 6.17 Å². The molecule has 0 spiro atoms. The lowest BCUT2D eigenvalue weighted by atomic mass is 9.56. The number of aliphatic hydroxyl groups excluding tert-OH is 1. The average molecular weight is 807 g/mol. The minimum absolute atomic E-state index is 0.110. The van der Waals surface area contributed by atoms with E-state index in [2.05, 4.69) is 48.5 Å². The third-order valence-electron chi connectivity index (χ3n) is 20.9. The summed E-state index contributed by atoms with van der Waals surface area (Å²) in [6.45, 7) is 17.9. The number of alkyl halides is 1. The highest BCUT2D eigenvalue weighted by Gasteiger charge is 2.57. The Morgan fingerprint density at radius 1 is 0.638 bits per heavy atom. The summed E-state index contributed by atoms with van der Waals surface area (Å²) in [5, 5.41) is 11.6. The zero-order chi connectivity index (χ0) is 41.0. The molecule has 2 heteroatoms. The number of hydrogen-bond acceptors (Lipinski definition) is 1. The summed E-state index contributed by atoms with van der Waals surface area (Å²) in [4.78, 5) is 0. The Bertz CT molecular complexity index is 1190. The molecule has 10 unspecified atom stereocenters. The first-order valence-electron chi connectivity index (χ1n) is 27.1. The van der Waals surface area contributed by atoms with E-state index >= 15 is 4.39 Å². The third kappa shape index (κ3) is 12.1. The Balaban J connectivity index is 0.877. The molecule has 58 heavy (non-hydrogen) atoms. The molecule has 336 valence electrons. The van der Waals surface area contributed by atoms with Crippen LogP contribution in [0.25, 0.3) is 0 Å². The van der Waals surface area contributed by atoms with Gasteiger partial charge in [-0.3, -0.25) is 0 Å². The van der Waals surface area contributed by atoms with Crippen molar-refractivity contribution in [2.24, 2.45) is 99.6 Å². The normalized spacial score (nSPS) is 40.7. The molecule has 0 radical (unpaired) electrons. The van der Waals surface area contributed by atoms with E-state index in [4.69, 9.17) is 0 Å². The Kier molecular flexibility index (Phi) is 16.3. The van der Waals surface area contributed by atoms with Crippen molar-refractivity contribution >= 4 is 0 Å². The second-order valence-electron chi connectivity index (χ2n) is 25.4. The number of halogens is 1. The first-order valence-corrected chi connectivity index (χ1v) is 27.1. The number of hydrogen-bond donors (Lipinski definition) is 1. The third-order valence-corrected chi connectivity index (χ3v) is 20.9. The van der Waals surface area contributed by atoms with E-state index in [1.165, 1.54) is 161 Å². The molecule has 7 saturated carbocycles. The average Bonchev–Trinajstić information content (AvgIpc) is 4.16. The van der Waals surface area contributed by atoms with Crippen LogP contribution in [0.1, 0.15) is 241 Å². The quantitative estimate of drug-likeness (QED) is 0.138. The summed E-state index contributed by atoms with van der Waals surface area (Å²) in [5.74, 6) is 12.7. The van der Waals surface area contributed by atoms with Crippen molar-refractivity contribution in [3.05, 3.63) is 0 Å². The monoisotopic (exact) mass is 807 g/mol. The lowest BCUT2D eigenvalue weighted by molar-refractivity contribution is 0.00167. The van der Waals surface area contributed by atoms with Crippen molar-refractivity contribution < 1.29 is 9.50 Å². The number of rotatable bonds is 19. The topological polar surface area (TPSA) is 20.2 Å². The summed E-state index contributed by atoms with van der Waals surface area (Å²) in [6.07, 6.45) is 39.9. The molecule has 0 aliphatic heterocycles. The van der Waals surface area contributed by atoms with Crippen LogP contribution in [0.3, 0.4) is 0 Å². The predicted molar refractivity (Wildman–Crippen MR) is 246 cm³/mol. The second-order valence-corrected chi connectivity index (χ2v) is 25.4. The molecule has 7 aliphatic rings. The van der Waals surface area contributed by atoms with Gasteiger partial charge in [-0.1, -0.05) is 106 Å². The fraction of sp³-hybridized carbons (Fsp3) is 1.00. The largest absolute Gasteiger partial charge is 0.393 e. The molecule has 7 aliphatic carbocycles. The highest BCUT2D eigenvalue weighted by Crippen LogP contribution is 2.66. The molecule has 0 amide bonds. The van der Waals surface area contributed by atoms with Gasteiger partial charge in [0.1, 0.15) is 6.17 Å². The molecule has 7 rings (SSSR count). The van der Waals surface area contributed by atoms with Crippen molar-refractivity contribution in [3.8, 4) is 0 Å². The van der Waals surface area contributed by atoms with Gasteiger partial charge in [0.05, 0.1) is 6.10 Å². The Hall–Kier alpha value is -0.110. The van der Waals surface area contributed by atoms with Crippen LogP contribution in [-0.2, 0) is 0 Å². The summed E-state index contributed by atoms with van der Waals surface area (Å²) >= 11 is 0. The van der Waals surface area contributed by atoms with Crippen LogP contribution < -0.4 is 0 Å². The summed E-state index contributed by atoms with van der Waals surface area (Å²) in [6, 6.07) is 0. The zero-order valence-corrected chi connectivity index (χ0v) is 39.9. The van der Waals surface area contributed by atoms with Crippen molar-refractivity contribution in [1.29, 1.82) is 0 Å². The van der Waals surface area contributed by atoms with Crippen LogP contribution in [0.5, 0.6) is 0 Å². The standard InChI is InChI=1S/C56H99FO/c1-38-12-14-43(15-13-38)34-40(3)39(2)28-30-55(6,7)31-29-54(58)49-20-16-44(17-21-49)35-50-36-45(18-19-48-10-8-9-11-53(48)57)37-52(41(50)4)42(5)56(32-33-56)51-26-24-47(25-27-51)46-22-23-46/h38-54,58H,8-37H2,1-7H3. The van der Waals surface area contributed by atoms with Gasteiger partial charge < -0.3 is 5.11 Å². The van der Waals surface area contributed by atoms with Crippen molar-refractivity contribution in [3.63, 3.8) is 0 Å². The Morgan fingerprint density at radius 3 is 1.90 bits per heavy atom. The first kappa shape index (κ1) is 45.9. The first-order chi connectivity index (χ1) is 27.8. The maximum absolute atomic E-state index is 15.0. The summed E-state index contributed by atoms with van der Waals surface area (Å²) in [5.41, 5.74) is 0.977. The van der Waals surface area contributed by atoms with Gasteiger partial charge in [-0.2, -0.15) is 0 Å². The maximum atomic E-state index is 15.0. The van der Waals surface area contributed by atoms with E-state index in [1.807, 2.05) is 0 Å². The van der Waals surface area contributed by atoms with Gasteiger partial charge in [-0.05, 0) is 234 Å². The van der Waals surface area contributed by atoms with Gasteiger partial charge in [0.25, 0.3) is 0 Å². The van der Waals surface area contributed by atoms with Crippen molar-refractivity contribution in [2.45, 2.75) is 253 Å². The lowest BCUT2D eigenvalue weighted by Gasteiger charge is -2.49. The smallest absolute Gasteiger partial charge is 0.103 e. The molecule has 7 fully saturated rings. The fourth-order valence-corrected chi connectivity index (χ4v) is 15.7. The van der Waals surface area contributed by atoms with Crippen LogP contribution in [0.2, 0.25) is 0 Å². The van der Waals surface area contributed by atoms with E-state index in [-0.39, 0.29) is 6.10 Å². The van der Waals surface area contributed by atoms with Gasteiger partial charge in [0.15, 0.2) is 0 Å². The molecular weight excluding hydrogens is 708 g/mol. The van der Waals surface area contributed by atoms with Crippen LogP contribution in [-0.4, -0.2) is 17.4 Å². The predicted octanol–water partition coefficient (Wildman–Crippen LogP) is 16.8. The van der Waals surface area contributed by atoms with E-state index in [1.54, 1.807) is 0 Å². The SMILES string of the molecule is CC1CCC(CC(C)C(C)CCC(C)(C)CCC(O)C2CCC(CC3CC(CCC4CCCCC4F)CC(C(C)C4(C5CCC(C6CC6)CC5)CC4)C3C)CC2)CC1. The molecule has 0 aromatic carbocycles. The van der Waals surface area contributed by atoms with Crippen LogP contribution in [0.4, 0.5) is 4.39 Å². The molecule has 0 saturated heterocycles. The van der Waals surface area contributed by atoms with Gasteiger partial charge in [-0.25, -0.2) is 4.39 Å². The zero-order valence-electron chi connectivity index (χ0n) is 39.9. The second kappa shape index (κ2) is 20.6. The highest BCUT2D eigenvalue weighted by atomic mass is 19.1. The fourth-order valence-electron chi connectivity index (χ4n) is 15.7. The molecule has 1 nitrogen and oxygen atoms in total. The van der Waals surface area contributed by atoms with Crippen molar-refractivity contribution in [1.82, 2.24) is 0 Å². The van der Waals surface area contributed by atoms with E-state index in [0.29, 0.717) is 22.7 Å². The van der Waals surface area contributed by atoms with Crippen molar-refractivity contribution in [2.75, 3.05) is 0 Å². The lowest BCUT2D eigenvalue weighted by Crippen LogP contribution is -2.41. The molecule has 1 N–H and O–H groups in total. The van der Waals surface area contributed by atoms with Crippen LogP contribution >= 0.6 is 0 Å². The highest BCUT2D eigenvalue weighted by molar-refractivity contribution is 5.06. The van der Waals surface area contributed by atoms with Gasteiger partial charge in [-0.15, -0.1) is 0 Å². The maximum Gasteiger partial charge on any atom is 0.103 e. The summed E-state index contributed by atoms with van der Waals surface area (Å²) < 4.78 is 15.0. The van der Waals surface area contributed by atoms with Gasteiger partial charge in [0, 0.05) is 0 Å². The van der Waals surface area contributed by atoms with Gasteiger partial charge in [0.2, 0.25) is 0 Å². The Labute approximate surface area is 361 Å². The Morgan fingerprint density at radius 2 is 1.26 bits per heavy atom. The minimum atomic E-state index is -0.531. The minimum Gasteiger partial charge on any atom is -0.393 e. The van der Waals surface area contributed by atoms with E-state index in [9.17, 15) is 5.11 Å². The van der Waals surface area contributed by atoms with E-state index in [0.717, 1.165) is 109 Å². The van der Waals surface area contributed by atoms with Crippen LogP contribution in [0.15, 0.2) is 0 Å². The van der Waals surface area contributed by atoms with Crippen LogP contribution in [0, 0.1) is 99.6 Å². The summed E-state index contributed by atoms with van der Waals surface area (Å²) in [7, 11) is 0. The molecule has 0 bridgehead atoms. The molecule has 0 heterocycles. The molecular formula is C56H99FO. The van der Waals surface area contributed by atoms with Gasteiger partial charge >= 0.3 is 0 Å². The molecule has 0 aromatic rings. The molecule has 10 atom stereocenters. The number of aliphatic hydroxyl groups is 1.